The number of nitrogens with zero attached hydrogens (tertiary/aromatic N) is 3. The summed E-state index contributed by atoms with van der Waals surface area (Å²) < 4.78 is 13.4. The Labute approximate surface area is 220 Å². The third kappa shape index (κ3) is 6.80. The van der Waals surface area contributed by atoms with Crippen LogP contribution in [0.25, 0.3) is 0 Å². The number of amides is 2. The van der Waals surface area contributed by atoms with Crippen LogP contribution in [0.5, 0.6) is 0 Å². The lowest BCUT2D eigenvalue weighted by Crippen LogP contribution is -2.57. The van der Waals surface area contributed by atoms with Crippen molar-refractivity contribution in [3.63, 3.8) is 0 Å². The molecule has 4 rings (SSSR count). The molecule has 0 aliphatic carbocycles. The van der Waals surface area contributed by atoms with Crippen LogP contribution in [0.3, 0.4) is 0 Å². The molecule has 192 valence electrons. The first-order valence-corrected chi connectivity index (χ1v) is 13.2. The van der Waals surface area contributed by atoms with Gasteiger partial charge in [0.1, 0.15) is 11.9 Å². The summed E-state index contributed by atoms with van der Waals surface area (Å²) in [5.74, 6) is -0.942. The number of carbonyl (C=O) groups excluding carboxylic acids is 2. The molecule has 2 atom stereocenters. The van der Waals surface area contributed by atoms with E-state index in [9.17, 15) is 14.0 Å². The smallest absolute Gasteiger partial charge is 0.254 e. The van der Waals surface area contributed by atoms with E-state index in [1.165, 1.54) is 29.1 Å². The first-order valence-electron chi connectivity index (χ1n) is 12.3. The minimum Gasteiger partial charge on any atom is -0.353 e. The summed E-state index contributed by atoms with van der Waals surface area (Å²) in [6.45, 7) is 2.39. The number of benzene rings is 2. The van der Waals surface area contributed by atoms with E-state index in [0.717, 1.165) is 5.56 Å². The van der Waals surface area contributed by atoms with Gasteiger partial charge in [-0.05, 0) is 66.2 Å². The van der Waals surface area contributed by atoms with E-state index >= 15 is 0 Å². The largest absolute Gasteiger partial charge is 0.353 e. The molecule has 1 unspecified atom stereocenters. The second-order valence-corrected chi connectivity index (χ2v) is 10.1. The van der Waals surface area contributed by atoms with Crippen LogP contribution in [0, 0.1) is 17.1 Å². The highest BCUT2D eigenvalue weighted by Gasteiger charge is 2.38. The lowest BCUT2D eigenvalue weighted by Gasteiger charge is -2.43. The van der Waals surface area contributed by atoms with Crippen LogP contribution < -0.4 is 11.1 Å². The number of nitrogens with two attached hydrogens (primary N) is 1. The van der Waals surface area contributed by atoms with Crippen molar-refractivity contribution in [2.45, 2.75) is 38.0 Å². The minimum atomic E-state index is -0.672. The standard InChI is InChI=1S/C28H30FN5O2S/c29-23-9-7-22(8-10-23)28(36)34-14-11-24(16-26(34)27(35)32-13-12-30)33(19-25-2-1-15-37-25)18-21-5-3-20(17-31)4-6-21/h1-10,15,24,26H,11-14,16,18-19,30H2,(H,32,35)/t24?,26-/m1/s1. The third-order valence-electron chi connectivity index (χ3n) is 6.60. The average Bonchev–Trinajstić information content (AvgIpc) is 3.44. The van der Waals surface area contributed by atoms with E-state index in [1.54, 1.807) is 16.2 Å². The summed E-state index contributed by atoms with van der Waals surface area (Å²) in [5, 5.41) is 14.0. The van der Waals surface area contributed by atoms with E-state index in [2.05, 4.69) is 22.4 Å². The van der Waals surface area contributed by atoms with Crippen LogP contribution in [0.4, 0.5) is 4.39 Å². The van der Waals surface area contributed by atoms with Gasteiger partial charge in [0.25, 0.3) is 5.91 Å². The number of nitriles is 1. The number of halogens is 1. The van der Waals surface area contributed by atoms with Crippen molar-refractivity contribution in [3.8, 4) is 6.07 Å². The molecule has 3 aromatic rings. The molecule has 1 saturated heterocycles. The molecular formula is C28H30FN5O2S. The van der Waals surface area contributed by atoms with Crippen LogP contribution in [0.1, 0.15) is 39.2 Å². The zero-order chi connectivity index (χ0) is 26.2. The quantitative estimate of drug-likeness (QED) is 0.451. The Hall–Kier alpha value is -3.58. The summed E-state index contributed by atoms with van der Waals surface area (Å²) in [6.07, 6.45) is 1.15. The number of hydrogen-bond donors (Lipinski definition) is 2. The van der Waals surface area contributed by atoms with Gasteiger partial charge in [0.2, 0.25) is 5.91 Å². The molecular weight excluding hydrogens is 489 g/mol. The topological polar surface area (TPSA) is 102 Å². The number of likely N-dealkylation sites (tertiary alicyclic amines) is 1. The van der Waals surface area contributed by atoms with E-state index in [0.29, 0.717) is 56.7 Å². The first-order chi connectivity index (χ1) is 18.0. The summed E-state index contributed by atoms with van der Waals surface area (Å²) >= 11 is 1.68. The fraction of sp³-hybridized carbons (Fsp3) is 0.321. The predicted molar refractivity (Wildman–Crippen MR) is 141 cm³/mol. The maximum atomic E-state index is 13.4. The van der Waals surface area contributed by atoms with Crippen molar-refractivity contribution in [3.05, 3.63) is 93.4 Å². The number of rotatable bonds is 9. The molecule has 0 radical (unpaired) electrons. The molecule has 0 bridgehead atoms. The van der Waals surface area contributed by atoms with E-state index in [1.807, 2.05) is 35.7 Å². The Morgan fingerprint density at radius 2 is 1.89 bits per heavy atom. The molecule has 9 heteroatoms. The van der Waals surface area contributed by atoms with Crippen molar-refractivity contribution in [2.75, 3.05) is 19.6 Å². The van der Waals surface area contributed by atoms with Gasteiger partial charge in [-0.2, -0.15) is 5.26 Å². The summed E-state index contributed by atoms with van der Waals surface area (Å²) in [6, 6.07) is 18.6. The average molecular weight is 520 g/mol. The van der Waals surface area contributed by atoms with Crippen molar-refractivity contribution in [1.82, 2.24) is 15.1 Å². The number of piperidine rings is 1. The van der Waals surface area contributed by atoms with Crippen LogP contribution in [-0.4, -0.2) is 53.3 Å². The summed E-state index contributed by atoms with van der Waals surface area (Å²) in [7, 11) is 0. The number of nitrogens with one attached hydrogen (secondary N) is 1. The molecule has 1 aromatic heterocycles. The molecule has 2 amide bonds. The monoisotopic (exact) mass is 519 g/mol. The highest BCUT2D eigenvalue weighted by molar-refractivity contribution is 7.09. The first kappa shape index (κ1) is 26.5. The fourth-order valence-electron chi connectivity index (χ4n) is 4.68. The van der Waals surface area contributed by atoms with Crippen LogP contribution in [0.2, 0.25) is 0 Å². The Kier molecular flexibility index (Phi) is 9.01. The van der Waals surface area contributed by atoms with E-state index < -0.39 is 11.9 Å². The number of thiophene rings is 1. The second kappa shape index (κ2) is 12.6. The lowest BCUT2D eigenvalue weighted by atomic mass is 9.93. The summed E-state index contributed by atoms with van der Waals surface area (Å²) in [5.41, 5.74) is 7.64. The molecule has 1 aliphatic rings. The normalized spacial score (nSPS) is 17.4. The highest BCUT2D eigenvalue weighted by Crippen LogP contribution is 2.28. The molecule has 1 aliphatic heterocycles. The Morgan fingerprint density at radius 3 is 2.54 bits per heavy atom. The van der Waals surface area contributed by atoms with Gasteiger partial charge in [0, 0.05) is 49.2 Å². The molecule has 1 fully saturated rings. The van der Waals surface area contributed by atoms with Crippen LogP contribution in [0.15, 0.2) is 66.0 Å². The van der Waals surface area contributed by atoms with Gasteiger partial charge in [-0.3, -0.25) is 14.5 Å². The molecule has 37 heavy (non-hydrogen) atoms. The Balaban J connectivity index is 1.58. The van der Waals surface area contributed by atoms with Gasteiger partial charge in [-0.1, -0.05) is 18.2 Å². The molecule has 2 aromatic carbocycles. The van der Waals surface area contributed by atoms with E-state index in [4.69, 9.17) is 11.0 Å². The predicted octanol–water partition coefficient (Wildman–Crippen LogP) is 3.51. The zero-order valence-electron chi connectivity index (χ0n) is 20.5. The maximum absolute atomic E-state index is 13.4. The van der Waals surface area contributed by atoms with Crippen LogP contribution >= 0.6 is 11.3 Å². The fourth-order valence-corrected chi connectivity index (χ4v) is 5.41. The highest BCUT2D eigenvalue weighted by atomic mass is 32.1. The van der Waals surface area contributed by atoms with Gasteiger partial charge in [0.05, 0.1) is 11.6 Å². The zero-order valence-corrected chi connectivity index (χ0v) is 21.3. The van der Waals surface area contributed by atoms with Gasteiger partial charge < -0.3 is 16.0 Å². The molecule has 3 N–H and O–H groups in total. The summed E-state index contributed by atoms with van der Waals surface area (Å²) in [4.78, 5) is 31.7. The maximum Gasteiger partial charge on any atom is 0.254 e. The second-order valence-electron chi connectivity index (χ2n) is 9.07. The van der Waals surface area contributed by atoms with Gasteiger partial charge >= 0.3 is 0 Å². The Morgan fingerprint density at radius 1 is 1.14 bits per heavy atom. The van der Waals surface area contributed by atoms with Gasteiger partial charge in [-0.25, -0.2) is 4.39 Å². The molecule has 0 spiro atoms. The molecule has 0 saturated carbocycles. The minimum absolute atomic E-state index is 0.0450. The van der Waals surface area contributed by atoms with Crippen LogP contribution in [-0.2, 0) is 17.9 Å². The van der Waals surface area contributed by atoms with Gasteiger partial charge in [-0.15, -0.1) is 11.3 Å². The molecule has 7 nitrogen and oxygen atoms in total. The van der Waals surface area contributed by atoms with Crippen molar-refractivity contribution < 1.29 is 14.0 Å². The SMILES string of the molecule is N#Cc1ccc(CN(Cc2cccs2)C2CCN(C(=O)c3ccc(F)cc3)[C@@H](C(=O)NCCN)C2)cc1. The van der Waals surface area contributed by atoms with Crippen molar-refractivity contribution in [2.24, 2.45) is 5.73 Å². The van der Waals surface area contributed by atoms with Crippen molar-refractivity contribution >= 4 is 23.2 Å². The number of carbonyl (C=O) groups is 2. The lowest BCUT2D eigenvalue weighted by molar-refractivity contribution is -0.127. The van der Waals surface area contributed by atoms with Gasteiger partial charge in [0.15, 0.2) is 0 Å². The van der Waals surface area contributed by atoms with E-state index in [-0.39, 0.29) is 17.9 Å². The Bertz CT molecular complexity index is 1220. The molecule has 2 heterocycles. The third-order valence-corrected chi connectivity index (χ3v) is 7.46. The number of hydrogen-bond acceptors (Lipinski definition) is 6. The van der Waals surface area contributed by atoms with Crippen molar-refractivity contribution in [1.29, 1.82) is 5.26 Å².